The first kappa shape index (κ1) is 17.3. The van der Waals surface area contributed by atoms with Crippen molar-refractivity contribution in [1.29, 1.82) is 0 Å². The van der Waals surface area contributed by atoms with Crippen molar-refractivity contribution in [3.05, 3.63) is 93.1 Å². The third-order valence-electron chi connectivity index (χ3n) is 4.50. The Kier molecular flexibility index (Phi) is 4.64. The summed E-state index contributed by atoms with van der Waals surface area (Å²) in [5, 5.41) is 0.844. The molecular formula is C20H17ClN4O2. The zero-order chi connectivity index (χ0) is 18.8. The molecule has 6 nitrogen and oxygen atoms in total. The summed E-state index contributed by atoms with van der Waals surface area (Å²) in [5.74, 6) is 0. The van der Waals surface area contributed by atoms with Gasteiger partial charge < -0.3 is 4.57 Å². The van der Waals surface area contributed by atoms with E-state index in [-0.39, 0.29) is 5.56 Å². The largest absolute Gasteiger partial charge is 0.337 e. The van der Waals surface area contributed by atoms with E-state index < -0.39 is 5.69 Å². The fourth-order valence-electron chi connectivity index (χ4n) is 3.21. The van der Waals surface area contributed by atoms with Crippen LogP contribution in [0.3, 0.4) is 0 Å². The maximum atomic E-state index is 13.2. The van der Waals surface area contributed by atoms with Gasteiger partial charge in [0.25, 0.3) is 5.56 Å². The zero-order valence-corrected chi connectivity index (χ0v) is 15.2. The fraction of sp³-hybridized carbons (Fsp3) is 0.150. The molecule has 27 heavy (non-hydrogen) atoms. The molecule has 0 aliphatic heterocycles. The predicted molar refractivity (Wildman–Crippen MR) is 106 cm³/mol. The molecule has 0 radical (unpaired) electrons. The van der Waals surface area contributed by atoms with Gasteiger partial charge in [-0.1, -0.05) is 35.9 Å². The standard InChI is InChI=1S/C20H17ClN4O2/c21-16-7-2-4-9-18(16)25-19(26)15-6-1-3-8-17(15)24(20(25)27)12-5-11-23-13-10-22-14-23/h1-4,6-10,13-14H,5,11-12H2. The van der Waals surface area contributed by atoms with E-state index in [9.17, 15) is 9.59 Å². The molecule has 4 aromatic rings. The van der Waals surface area contributed by atoms with E-state index in [0.717, 1.165) is 17.5 Å². The first-order valence-electron chi connectivity index (χ1n) is 8.62. The number of aromatic nitrogens is 4. The predicted octanol–water partition coefficient (Wildman–Crippen LogP) is 3.09. The molecule has 0 N–H and O–H groups in total. The average Bonchev–Trinajstić information content (AvgIpc) is 3.19. The van der Waals surface area contributed by atoms with E-state index >= 15 is 0 Å². The van der Waals surface area contributed by atoms with Gasteiger partial charge in [0.2, 0.25) is 0 Å². The Hall–Kier alpha value is -3.12. The first-order chi connectivity index (χ1) is 13.2. The highest BCUT2D eigenvalue weighted by molar-refractivity contribution is 6.32. The van der Waals surface area contributed by atoms with Crippen LogP contribution < -0.4 is 11.2 Å². The van der Waals surface area contributed by atoms with Crippen LogP contribution in [0.2, 0.25) is 5.02 Å². The van der Waals surface area contributed by atoms with E-state index in [4.69, 9.17) is 11.6 Å². The van der Waals surface area contributed by atoms with Crippen LogP contribution in [-0.2, 0) is 13.1 Å². The van der Waals surface area contributed by atoms with Crippen molar-refractivity contribution in [2.24, 2.45) is 0 Å². The average molecular weight is 381 g/mol. The van der Waals surface area contributed by atoms with Gasteiger partial charge in [0, 0.05) is 25.5 Å². The normalized spacial score (nSPS) is 11.1. The van der Waals surface area contributed by atoms with Crippen molar-refractivity contribution in [3.8, 4) is 5.69 Å². The molecule has 7 heteroatoms. The second-order valence-corrected chi connectivity index (χ2v) is 6.60. The number of para-hydroxylation sites is 2. The third-order valence-corrected chi connectivity index (χ3v) is 4.82. The van der Waals surface area contributed by atoms with Gasteiger partial charge in [0.15, 0.2) is 0 Å². The van der Waals surface area contributed by atoms with Crippen LogP contribution in [0, 0.1) is 0 Å². The second-order valence-electron chi connectivity index (χ2n) is 6.20. The van der Waals surface area contributed by atoms with E-state index in [1.807, 2.05) is 16.8 Å². The minimum Gasteiger partial charge on any atom is -0.337 e. The Bertz CT molecular complexity index is 1210. The van der Waals surface area contributed by atoms with E-state index in [1.54, 1.807) is 59.6 Å². The number of halogens is 1. The van der Waals surface area contributed by atoms with E-state index in [2.05, 4.69) is 4.98 Å². The molecule has 2 heterocycles. The third kappa shape index (κ3) is 3.19. The summed E-state index contributed by atoms with van der Waals surface area (Å²) in [6.45, 7) is 1.20. The summed E-state index contributed by atoms with van der Waals surface area (Å²) in [6.07, 6.45) is 6.07. The first-order valence-corrected chi connectivity index (χ1v) is 9.00. The molecule has 0 bridgehead atoms. The maximum absolute atomic E-state index is 13.2. The molecule has 0 aliphatic rings. The van der Waals surface area contributed by atoms with E-state index in [0.29, 0.717) is 28.2 Å². The van der Waals surface area contributed by atoms with Crippen LogP contribution >= 0.6 is 11.6 Å². The van der Waals surface area contributed by atoms with Crippen LogP contribution in [-0.4, -0.2) is 18.7 Å². The Morgan fingerprint density at radius 1 is 0.963 bits per heavy atom. The van der Waals surface area contributed by atoms with Gasteiger partial charge >= 0.3 is 5.69 Å². The molecule has 0 amide bonds. The lowest BCUT2D eigenvalue weighted by molar-refractivity contribution is 0.549. The Labute approximate surface area is 159 Å². The van der Waals surface area contributed by atoms with Gasteiger partial charge in [-0.3, -0.25) is 9.36 Å². The highest BCUT2D eigenvalue weighted by Gasteiger charge is 2.15. The van der Waals surface area contributed by atoms with Crippen molar-refractivity contribution >= 4 is 22.5 Å². The van der Waals surface area contributed by atoms with Gasteiger partial charge in [-0.2, -0.15) is 0 Å². The molecule has 0 aliphatic carbocycles. The van der Waals surface area contributed by atoms with Gasteiger partial charge in [-0.05, 0) is 30.7 Å². The summed E-state index contributed by atoms with van der Waals surface area (Å²) < 4.78 is 4.75. The summed E-state index contributed by atoms with van der Waals surface area (Å²) >= 11 is 6.26. The summed E-state index contributed by atoms with van der Waals surface area (Å²) in [7, 11) is 0. The Morgan fingerprint density at radius 3 is 2.52 bits per heavy atom. The molecule has 0 saturated carbocycles. The summed E-state index contributed by atoms with van der Waals surface area (Å²) in [4.78, 5) is 30.2. The van der Waals surface area contributed by atoms with E-state index in [1.165, 1.54) is 0 Å². The highest BCUT2D eigenvalue weighted by Crippen LogP contribution is 2.18. The number of hydrogen-bond donors (Lipinski definition) is 0. The molecule has 2 aromatic carbocycles. The molecule has 0 atom stereocenters. The molecule has 136 valence electrons. The lowest BCUT2D eigenvalue weighted by Crippen LogP contribution is -2.39. The van der Waals surface area contributed by atoms with Crippen molar-refractivity contribution in [3.63, 3.8) is 0 Å². The number of imidazole rings is 1. The Morgan fingerprint density at radius 2 is 1.74 bits per heavy atom. The van der Waals surface area contributed by atoms with Crippen LogP contribution in [0.15, 0.2) is 76.8 Å². The lowest BCUT2D eigenvalue weighted by Gasteiger charge is -2.15. The minimum atomic E-state index is -0.391. The number of nitrogens with zero attached hydrogens (tertiary/aromatic N) is 4. The number of rotatable bonds is 5. The molecule has 0 unspecified atom stereocenters. The van der Waals surface area contributed by atoms with Crippen LogP contribution in [0.5, 0.6) is 0 Å². The van der Waals surface area contributed by atoms with Crippen molar-refractivity contribution in [2.45, 2.75) is 19.5 Å². The number of benzene rings is 2. The fourth-order valence-corrected chi connectivity index (χ4v) is 3.43. The van der Waals surface area contributed by atoms with Crippen molar-refractivity contribution < 1.29 is 0 Å². The lowest BCUT2D eigenvalue weighted by atomic mass is 10.2. The zero-order valence-electron chi connectivity index (χ0n) is 14.5. The van der Waals surface area contributed by atoms with Crippen LogP contribution in [0.1, 0.15) is 6.42 Å². The molecule has 2 aromatic heterocycles. The number of fused-ring (bicyclic) bond motifs is 1. The number of hydrogen-bond acceptors (Lipinski definition) is 3. The molecule has 4 rings (SSSR count). The van der Waals surface area contributed by atoms with Crippen LogP contribution in [0.4, 0.5) is 0 Å². The maximum Gasteiger partial charge on any atom is 0.336 e. The molecule has 0 saturated heterocycles. The quantitative estimate of drug-likeness (QED) is 0.534. The monoisotopic (exact) mass is 380 g/mol. The van der Waals surface area contributed by atoms with Crippen molar-refractivity contribution in [2.75, 3.05) is 0 Å². The van der Waals surface area contributed by atoms with Gasteiger partial charge in [-0.25, -0.2) is 14.3 Å². The number of aryl methyl sites for hydroxylation is 2. The molecular weight excluding hydrogens is 364 g/mol. The summed E-state index contributed by atoms with van der Waals surface area (Å²) in [6, 6.07) is 14.0. The molecule has 0 fully saturated rings. The second kappa shape index (κ2) is 7.25. The minimum absolute atomic E-state index is 0.358. The van der Waals surface area contributed by atoms with Crippen LogP contribution in [0.25, 0.3) is 16.6 Å². The van der Waals surface area contributed by atoms with Gasteiger partial charge in [-0.15, -0.1) is 0 Å². The van der Waals surface area contributed by atoms with Crippen molar-refractivity contribution in [1.82, 2.24) is 18.7 Å². The Balaban J connectivity index is 1.86. The SMILES string of the molecule is O=c1c2ccccc2n(CCCn2ccnc2)c(=O)n1-c1ccccc1Cl. The van der Waals surface area contributed by atoms with Gasteiger partial charge in [0.05, 0.1) is 27.9 Å². The smallest absolute Gasteiger partial charge is 0.336 e. The summed E-state index contributed by atoms with van der Waals surface area (Å²) in [5.41, 5.74) is 0.261. The van der Waals surface area contributed by atoms with Gasteiger partial charge in [0.1, 0.15) is 0 Å². The highest BCUT2D eigenvalue weighted by atomic mass is 35.5. The molecule has 0 spiro atoms. The topological polar surface area (TPSA) is 61.8 Å².